The molecule has 0 unspecified atom stereocenters. The number of pyridine rings is 1. The second-order valence-corrected chi connectivity index (χ2v) is 8.89. The summed E-state index contributed by atoms with van der Waals surface area (Å²) < 4.78 is 2.02. The van der Waals surface area contributed by atoms with Crippen molar-refractivity contribution in [2.24, 2.45) is 0 Å². The maximum absolute atomic E-state index is 13.1. The lowest BCUT2D eigenvalue weighted by Crippen LogP contribution is -2.27. The Kier molecular flexibility index (Phi) is 6.37. The normalized spacial score (nSPS) is 11.9. The molecule has 0 fully saturated rings. The van der Waals surface area contributed by atoms with Crippen molar-refractivity contribution >= 4 is 17.7 Å². The molecule has 4 aromatic rings. The van der Waals surface area contributed by atoms with Crippen LogP contribution in [0.4, 0.5) is 0 Å². The number of rotatable bonds is 6. The Bertz CT molecular complexity index is 1220. The molecule has 0 saturated carbocycles. The van der Waals surface area contributed by atoms with E-state index in [0.717, 1.165) is 22.4 Å². The van der Waals surface area contributed by atoms with E-state index in [1.807, 2.05) is 47.0 Å². The van der Waals surface area contributed by atoms with Gasteiger partial charge in [-0.1, -0.05) is 59.8 Å². The minimum atomic E-state index is -0.443. The van der Waals surface area contributed by atoms with Crippen molar-refractivity contribution in [3.8, 4) is 17.1 Å². The molecule has 32 heavy (non-hydrogen) atoms. The summed E-state index contributed by atoms with van der Waals surface area (Å²) in [7, 11) is 3.55. The summed E-state index contributed by atoms with van der Waals surface area (Å²) in [5.41, 5.74) is 5.05. The third-order valence-electron chi connectivity index (χ3n) is 5.14. The lowest BCUT2D eigenvalue weighted by Gasteiger charge is -2.21. The van der Waals surface area contributed by atoms with Crippen LogP contribution in [0, 0.1) is 13.8 Å². The fraction of sp³-hybridized carbons (Fsp3) is 0.200. The van der Waals surface area contributed by atoms with E-state index in [9.17, 15) is 4.79 Å². The number of aryl methyl sites for hydroxylation is 2. The summed E-state index contributed by atoms with van der Waals surface area (Å²) in [5.74, 6) is 0.691. The van der Waals surface area contributed by atoms with Crippen molar-refractivity contribution in [2.45, 2.75) is 24.3 Å². The zero-order chi connectivity index (χ0) is 22.7. The number of aromatic nitrogens is 4. The van der Waals surface area contributed by atoms with Gasteiger partial charge in [0.15, 0.2) is 11.0 Å². The summed E-state index contributed by atoms with van der Waals surface area (Å²) >= 11 is 1.41. The summed E-state index contributed by atoms with van der Waals surface area (Å²) in [6, 6.07) is 19.9. The molecule has 2 heterocycles. The Balaban J connectivity index is 1.86. The minimum absolute atomic E-state index is 0.000643. The monoisotopic (exact) mass is 443 g/mol. The largest absolute Gasteiger partial charge is 0.348 e. The van der Waals surface area contributed by atoms with Crippen LogP contribution >= 0.6 is 11.8 Å². The highest BCUT2D eigenvalue weighted by Crippen LogP contribution is 2.38. The number of likely N-dealkylation sites (N-methyl/N-ethyl adjacent to an activating group) is 1. The number of hydrogen-bond donors (Lipinski definition) is 0. The highest BCUT2D eigenvalue weighted by molar-refractivity contribution is 8.00. The molecule has 162 valence electrons. The Labute approximate surface area is 192 Å². The summed E-state index contributed by atoms with van der Waals surface area (Å²) in [6.07, 6.45) is 3.51. The number of carbonyl (C=O) groups excluding carboxylic acids is 1. The Morgan fingerprint density at radius 1 is 1.00 bits per heavy atom. The molecule has 0 radical (unpaired) electrons. The van der Waals surface area contributed by atoms with Gasteiger partial charge in [0.2, 0.25) is 5.91 Å². The van der Waals surface area contributed by atoms with Gasteiger partial charge in [-0.3, -0.25) is 14.3 Å². The number of nitrogens with zero attached hydrogens (tertiary/aromatic N) is 5. The molecule has 0 aliphatic rings. The topological polar surface area (TPSA) is 63.9 Å². The van der Waals surface area contributed by atoms with Gasteiger partial charge >= 0.3 is 0 Å². The van der Waals surface area contributed by atoms with E-state index < -0.39 is 5.25 Å². The fourth-order valence-corrected chi connectivity index (χ4v) is 4.72. The maximum atomic E-state index is 13.1. The average Bonchev–Trinajstić information content (AvgIpc) is 3.21. The predicted molar refractivity (Wildman–Crippen MR) is 128 cm³/mol. The molecule has 0 aliphatic carbocycles. The molecule has 2 aromatic carbocycles. The zero-order valence-electron chi connectivity index (χ0n) is 18.6. The van der Waals surface area contributed by atoms with Crippen LogP contribution < -0.4 is 0 Å². The standard InChI is InChI=1S/C25H25N5OS/c1-17-12-13-21(18(2)15-17)30-23(20-11-8-14-26-16-20)27-28-25(30)32-22(24(31)29(3)4)19-9-6-5-7-10-19/h5-16,22H,1-4H3/t22-/m0/s1. The lowest BCUT2D eigenvalue weighted by molar-refractivity contribution is -0.128. The molecule has 4 rings (SSSR count). The first kappa shape index (κ1) is 21.8. The van der Waals surface area contributed by atoms with Crippen LogP contribution in [-0.2, 0) is 4.79 Å². The molecule has 0 aliphatic heterocycles. The van der Waals surface area contributed by atoms with Gasteiger partial charge in [-0.2, -0.15) is 0 Å². The second-order valence-electron chi connectivity index (χ2n) is 7.81. The molecule has 1 atom stereocenters. The van der Waals surface area contributed by atoms with E-state index >= 15 is 0 Å². The number of benzene rings is 2. The van der Waals surface area contributed by atoms with E-state index in [2.05, 4.69) is 47.2 Å². The van der Waals surface area contributed by atoms with Crippen LogP contribution in [0.3, 0.4) is 0 Å². The van der Waals surface area contributed by atoms with Gasteiger partial charge in [-0.25, -0.2) is 0 Å². The Morgan fingerprint density at radius 2 is 1.78 bits per heavy atom. The zero-order valence-corrected chi connectivity index (χ0v) is 19.4. The smallest absolute Gasteiger partial charge is 0.240 e. The molecule has 0 saturated heterocycles. The first-order chi connectivity index (χ1) is 15.5. The molecular formula is C25H25N5OS. The van der Waals surface area contributed by atoms with Gasteiger partial charge in [0.05, 0.1) is 5.69 Å². The van der Waals surface area contributed by atoms with Gasteiger partial charge in [-0.15, -0.1) is 10.2 Å². The Hall–Kier alpha value is -3.45. The van der Waals surface area contributed by atoms with Gasteiger partial charge < -0.3 is 4.90 Å². The van der Waals surface area contributed by atoms with Crippen LogP contribution in [0.5, 0.6) is 0 Å². The van der Waals surface area contributed by atoms with Crippen molar-refractivity contribution in [3.63, 3.8) is 0 Å². The SMILES string of the molecule is Cc1ccc(-n2c(S[C@H](C(=O)N(C)C)c3ccccc3)nnc2-c2cccnc2)c(C)c1. The number of hydrogen-bond acceptors (Lipinski definition) is 5. The van der Waals surface area contributed by atoms with E-state index in [-0.39, 0.29) is 5.91 Å². The highest BCUT2D eigenvalue weighted by atomic mass is 32.2. The van der Waals surface area contributed by atoms with E-state index in [1.165, 1.54) is 17.3 Å². The van der Waals surface area contributed by atoms with E-state index in [1.54, 1.807) is 31.4 Å². The van der Waals surface area contributed by atoms with Gasteiger partial charge in [0.1, 0.15) is 5.25 Å². The molecular weight excluding hydrogens is 418 g/mol. The first-order valence-corrected chi connectivity index (χ1v) is 11.2. The lowest BCUT2D eigenvalue weighted by atomic mass is 10.1. The van der Waals surface area contributed by atoms with Crippen molar-refractivity contribution in [2.75, 3.05) is 14.1 Å². The van der Waals surface area contributed by atoms with Crippen LogP contribution in [0.15, 0.2) is 78.2 Å². The van der Waals surface area contributed by atoms with Crippen molar-refractivity contribution < 1.29 is 4.79 Å². The van der Waals surface area contributed by atoms with Crippen molar-refractivity contribution in [1.29, 1.82) is 0 Å². The van der Waals surface area contributed by atoms with Crippen LogP contribution in [0.25, 0.3) is 17.1 Å². The van der Waals surface area contributed by atoms with Gasteiger partial charge in [-0.05, 0) is 43.2 Å². The number of carbonyl (C=O) groups is 1. The van der Waals surface area contributed by atoms with Gasteiger partial charge in [0, 0.05) is 32.1 Å². The first-order valence-electron chi connectivity index (χ1n) is 10.3. The van der Waals surface area contributed by atoms with Crippen LogP contribution in [0.2, 0.25) is 0 Å². The summed E-state index contributed by atoms with van der Waals surface area (Å²) in [4.78, 5) is 19.0. The quantitative estimate of drug-likeness (QED) is 0.398. The predicted octanol–water partition coefficient (Wildman–Crippen LogP) is 4.87. The molecule has 0 N–H and O–H groups in total. The highest BCUT2D eigenvalue weighted by Gasteiger charge is 2.28. The third-order valence-corrected chi connectivity index (χ3v) is 6.32. The average molecular weight is 444 g/mol. The molecule has 0 bridgehead atoms. The van der Waals surface area contributed by atoms with E-state index in [4.69, 9.17) is 0 Å². The minimum Gasteiger partial charge on any atom is -0.348 e. The molecule has 6 nitrogen and oxygen atoms in total. The number of thioether (sulfide) groups is 1. The summed E-state index contributed by atoms with van der Waals surface area (Å²) in [5, 5.41) is 9.23. The Morgan fingerprint density at radius 3 is 2.44 bits per heavy atom. The second kappa shape index (κ2) is 9.36. The summed E-state index contributed by atoms with van der Waals surface area (Å²) in [6.45, 7) is 4.14. The number of amides is 1. The van der Waals surface area contributed by atoms with Crippen molar-refractivity contribution in [3.05, 3.63) is 89.7 Å². The van der Waals surface area contributed by atoms with Crippen LogP contribution in [0.1, 0.15) is 21.9 Å². The molecule has 7 heteroatoms. The fourth-order valence-electron chi connectivity index (χ4n) is 3.53. The van der Waals surface area contributed by atoms with E-state index in [0.29, 0.717) is 11.0 Å². The molecule has 0 spiro atoms. The van der Waals surface area contributed by atoms with Gasteiger partial charge in [0.25, 0.3) is 0 Å². The molecule has 2 aromatic heterocycles. The maximum Gasteiger partial charge on any atom is 0.240 e. The molecule has 1 amide bonds. The van der Waals surface area contributed by atoms with Crippen LogP contribution in [-0.4, -0.2) is 44.7 Å². The van der Waals surface area contributed by atoms with Crippen molar-refractivity contribution in [1.82, 2.24) is 24.6 Å². The third kappa shape index (κ3) is 4.43.